The molecule has 1 aromatic rings. The minimum atomic E-state index is 0.135. The summed E-state index contributed by atoms with van der Waals surface area (Å²) in [6, 6.07) is 6.24. The second kappa shape index (κ2) is 5.71. The Morgan fingerprint density at radius 3 is 3.06 bits per heavy atom. The highest BCUT2D eigenvalue weighted by atomic mass is 35.5. The van der Waals surface area contributed by atoms with E-state index in [0.29, 0.717) is 0 Å². The quantitative estimate of drug-likeness (QED) is 0.845. The molecule has 0 spiro atoms. The number of benzene rings is 1. The van der Waals surface area contributed by atoms with Crippen molar-refractivity contribution < 1.29 is 5.11 Å². The number of hydrogen-bond acceptors (Lipinski definition) is 3. The maximum Gasteiger partial charge on any atom is 0.0647 e. The van der Waals surface area contributed by atoms with Crippen molar-refractivity contribution in [2.24, 2.45) is 0 Å². The van der Waals surface area contributed by atoms with Crippen LogP contribution in [-0.2, 0) is 0 Å². The van der Waals surface area contributed by atoms with E-state index in [-0.39, 0.29) is 12.6 Å². The molecule has 0 saturated carbocycles. The summed E-state index contributed by atoms with van der Waals surface area (Å²) in [4.78, 5) is 2.24. The largest absolute Gasteiger partial charge is 0.394 e. The molecule has 0 amide bonds. The molecular formula is C13H19ClN2O. The Balaban J connectivity index is 2.25. The van der Waals surface area contributed by atoms with Gasteiger partial charge in [0.2, 0.25) is 0 Å². The van der Waals surface area contributed by atoms with Gasteiger partial charge in [0.15, 0.2) is 0 Å². The van der Waals surface area contributed by atoms with E-state index in [4.69, 9.17) is 11.6 Å². The van der Waals surface area contributed by atoms with Crippen LogP contribution in [0.2, 0.25) is 5.02 Å². The van der Waals surface area contributed by atoms with Gasteiger partial charge in [-0.1, -0.05) is 17.7 Å². The number of nitrogens with zero attached hydrogens (tertiary/aromatic N) is 1. The van der Waals surface area contributed by atoms with E-state index in [1.165, 1.54) is 0 Å². The van der Waals surface area contributed by atoms with Crippen LogP contribution in [0.4, 0.5) is 5.69 Å². The average molecular weight is 255 g/mol. The van der Waals surface area contributed by atoms with Gasteiger partial charge in [-0.25, -0.2) is 0 Å². The lowest BCUT2D eigenvalue weighted by atomic mass is 10.1. The molecule has 1 aromatic carbocycles. The molecule has 1 unspecified atom stereocenters. The van der Waals surface area contributed by atoms with Crippen molar-refractivity contribution in [2.75, 3.05) is 31.1 Å². The van der Waals surface area contributed by atoms with Gasteiger partial charge < -0.3 is 15.3 Å². The van der Waals surface area contributed by atoms with Crippen LogP contribution in [0.5, 0.6) is 0 Å². The third kappa shape index (κ3) is 2.92. The van der Waals surface area contributed by atoms with E-state index < -0.39 is 0 Å². The minimum Gasteiger partial charge on any atom is -0.394 e. The number of hydrogen-bond donors (Lipinski definition) is 2. The van der Waals surface area contributed by atoms with Crippen LogP contribution in [0.3, 0.4) is 0 Å². The lowest BCUT2D eigenvalue weighted by Crippen LogP contribution is -2.42. The maximum absolute atomic E-state index is 9.46. The van der Waals surface area contributed by atoms with Gasteiger partial charge in [0, 0.05) is 23.8 Å². The first kappa shape index (κ1) is 12.7. The lowest BCUT2D eigenvalue weighted by Gasteiger charge is -2.30. The Hall–Kier alpha value is -0.770. The Morgan fingerprint density at radius 2 is 2.35 bits per heavy atom. The Kier molecular flexibility index (Phi) is 4.26. The maximum atomic E-state index is 9.46. The van der Waals surface area contributed by atoms with Gasteiger partial charge >= 0.3 is 0 Å². The SMILES string of the molecule is Cc1ccc(N2CCCNCC2CO)cc1Cl. The van der Waals surface area contributed by atoms with Crippen LogP contribution in [-0.4, -0.2) is 37.4 Å². The number of aliphatic hydroxyl groups excluding tert-OH is 1. The van der Waals surface area contributed by atoms with Crippen molar-refractivity contribution in [2.45, 2.75) is 19.4 Å². The molecule has 0 bridgehead atoms. The third-order valence-corrected chi connectivity index (χ3v) is 3.68. The monoisotopic (exact) mass is 254 g/mol. The molecular weight excluding hydrogens is 236 g/mol. The molecule has 1 aliphatic rings. The summed E-state index contributed by atoms with van der Waals surface area (Å²) in [5.41, 5.74) is 2.19. The molecule has 3 nitrogen and oxygen atoms in total. The van der Waals surface area contributed by atoms with E-state index in [2.05, 4.69) is 16.3 Å². The van der Waals surface area contributed by atoms with Crippen LogP contribution in [0.1, 0.15) is 12.0 Å². The van der Waals surface area contributed by atoms with Crippen molar-refractivity contribution in [3.63, 3.8) is 0 Å². The van der Waals surface area contributed by atoms with Crippen molar-refractivity contribution >= 4 is 17.3 Å². The predicted octanol–water partition coefficient (Wildman–Crippen LogP) is 1.81. The topological polar surface area (TPSA) is 35.5 Å². The number of nitrogens with one attached hydrogen (secondary N) is 1. The van der Waals surface area contributed by atoms with E-state index in [1.54, 1.807) is 0 Å². The zero-order valence-corrected chi connectivity index (χ0v) is 10.9. The normalized spacial score (nSPS) is 21.4. The second-order valence-corrected chi connectivity index (χ2v) is 4.93. The first-order chi connectivity index (χ1) is 8.22. The van der Waals surface area contributed by atoms with Crippen LogP contribution in [0.15, 0.2) is 18.2 Å². The number of halogens is 1. The van der Waals surface area contributed by atoms with Crippen LogP contribution in [0, 0.1) is 6.92 Å². The molecule has 1 aliphatic heterocycles. The van der Waals surface area contributed by atoms with Crippen molar-refractivity contribution in [3.05, 3.63) is 28.8 Å². The first-order valence-corrected chi connectivity index (χ1v) is 6.44. The summed E-state index contributed by atoms with van der Waals surface area (Å²) < 4.78 is 0. The minimum absolute atomic E-state index is 0.135. The standard InChI is InChI=1S/C13H19ClN2O/c1-10-3-4-11(7-13(10)14)16-6-2-5-15-8-12(16)9-17/h3-4,7,12,15,17H,2,5-6,8-9H2,1H3. The smallest absolute Gasteiger partial charge is 0.0647 e. The molecule has 1 fully saturated rings. The van der Waals surface area contributed by atoms with Gasteiger partial charge in [0.05, 0.1) is 12.6 Å². The first-order valence-electron chi connectivity index (χ1n) is 6.06. The second-order valence-electron chi connectivity index (χ2n) is 4.52. The van der Waals surface area contributed by atoms with Gasteiger partial charge in [-0.15, -0.1) is 0 Å². The number of aliphatic hydroxyl groups is 1. The van der Waals surface area contributed by atoms with E-state index in [9.17, 15) is 5.11 Å². The summed E-state index contributed by atoms with van der Waals surface area (Å²) in [6.07, 6.45) is 1.09. The summed E-state index contributed by atoms with van der Waals surface area (Å²) in [6.45, 7) is 4.95. The molecule has 94 valence electrons. The fraction of sp³-hybridized carbons (Fsp3) is 0.538. The summed E-state index contributed by atoms with van der Waals surface area (Å²) in [5, 5.41) is 13.6. The Morgan fingerprint density at radius 1 is 1.53 bits per heavy atom. The molecule has 0 aliphatic carbocycles. The molecule has 0 aromatic heterocycles. The van der Waals surface area contributed by atoms with Gasteiger partial charge in [0.25, 0.3) is 0 Å². The fourth-order valence-electron chi connectivity index (χ4n) is 2.20. The molecule has 4 heteroatoms. The average Bonchev–Trinajstić information content (AvgIpc) is 2.57. The highest BCUT2D eigenvalue weighted by Crippen LogP contribution is 2.25. The molecule has 2 N–H and O–H groups in total. The van der Waals surface area contributed by atoms with Gasteiger partial charge in [0.1, 0.15) is 0 Å². The molecule has 1 atom stereocenters. The van der Waals surface area contributed by atoms with Crippen molar-refractivity contribution in [3.8, 4) is 0 Å². The summed E-state index contributed by atoms with van der Waals surface area (Å²) >= 11 is 6.16. The Labute approximate surface area is 107 Å². The number of rotatable bonds is 2. The highest BCUT2D eigenvalue weighted by molar-refractivity contribution is 6.31. The molecule has 1 heterocycles. The lowest BCUT2D eigenvalue weighted by molar-refractivity contribution is 0.260. The Bertz CT molecular complexity index is 384. The summed E-state index contributed by atoms with van der Waals surface area (Å²) in [7, 11) is 0. The van der Waals surface area contributed by atoms with E-state index in [0.717, 1.165) is 42.3 Å². The van der Waals surface area contributed by atoms with Crippen molar-refractivity contribution in [1.82, 2.24) is 5.32 Å². The predicted molar refractivity (Wildman–Crippen MR) is 71.9 cm³/mol. The van der Waals surface area contributed by atoms with Crippen LogP contribution in [0.25, 0.3) is 0 Å². The zero-order chi connectivity index (χ0) is 12.3. The number of aryl methyl sites for hydroxylation is 1. The highest BCUT2D eigenvalue weighted by Gasteiger charge is 2.20. The van der Waals surface area contributed by atoms with Gasteiger partial charge in [-0.3, -0.25) is 0 Å². The summed E-state index contributed by atoms with van der Waals surface area (Å²) in [5.74, 6) is 0. The van der Waals surface area contributed by atoms with E-state index >= 15 is 0 Å². The molecule has 17 heavy (non-hydrogen) atoms. The third-order valence-electron chi connectivity index (χ3n) is 3.27. The van der Waals surface area contributed by atoms with Crippen LogP contribution >= 0.6 is 11.6 Å². The molecule has 0 radical (unpaired) electrons. The molecule has 2 rings (SSSR count). The fourth-order valence-corrected chi connectivity index (χ4v) is 2.37. The number of anilines is 1. The van der Waals surface area contributed by atoms with Gasteiger partial charge in [-0.05, 0) is 37.6 Å². The van der Waals surface area contributed by atoms with E-state index in [1.807, 2.05) is 19.1 Å². The van der Waals surface area contributed by atoms with Gasteiger partial charge in [-0.2, -0.15) is 0 Å². The molecule has 1 saturated heterocycles. The van der Waals surface area contributed by atoms with Crippen molar-refractivity contribution in [1.29, 1.82) is 0 Å². The van der Waals surface area contributed by atoms with Crippen LogP contribution < -0.4 is 10.2 Å². The zero-order valence-electron chi connectivity index (χ0n) is 10.1.